The third-order valence-electron chi connectivity index (χ3n) is 2.57. The standard InChI is InChI=1S/C10H15N3O5S/c1-13-7(14)2-6(10(13)18)19-4-5(11)9(17)12-3-8(15)16/h5-6H,2-4,11H2,1H3,(H,12,17)(H,15,16)/t5-,6?/m0/s1. The van der Waals surface area contributed by atoms with Crippen molar-refractivity contribution >= 4 is 35.5 Å². The first-order valence-corrected chi connectivity index (χ1v) is 6.55. The number of carbonyl (C=O) groups is 4. The summed E-state index contributed by atoms with van der Waals surface area (Å²) < 4.78 is 0. The number of imide groups is 1. The molecule has 2 atom stereocenters. The Balaban J connectivity index is 2.36. The van der Waals surface area contributed by atoms with Crippen molar-refractivity contribution in [3.8, 4) is 0 Å². The smallest absolute Gasteiger partial charge is 0.322 e. The Morgan fingerprint density at radius 2 is 2.21 bits per heavy atom. The second kappa shape index (κ2) is 6.53. The highest BCUT2D eigenvalue weighted by Crippen LogP contribution is 2.24. The Morgan fingerprint density at radius 3 is 2.68 bits per heavy atom. The van der Waals surface area contributed by atoms with E-state index >= 15 is 0 Å². The van der Waals surface area contributed by atoms with Crippen LogP contribution < -0.4 is 11.1 Å². The largest absolute Gasteiger partial charge is 0.480 e. The van der Waals surface area contributed by atoms with Gasteiger partial charge in [0.05, 0.1) is 11.3 Å². The normalized spacial score (nSPS) is 20.5. The van der Waals surface area contributed by atoms with Crippen molar-refractivity contribution in [2.24, 2.45) is 5.73 Å². The molecule has 1 heterocycles. The van der Waals surface area contributed by atoms with Gasteiger partial charge >= 0.3 is 5.97 Å². The van der Waals surface area contributed by atoms with Crippen molar-refractivity contribution in [1.29, 1.82) is 0 Å². The highest BCUT2D eigenvalue weighted by molar-refractivity contribution is 8.00. The van der Waals surface area contributed by atoms with Crippen molar-refractivity contribution in [3.05, 3.63) is 0 Å². The van der Waals surface area contributed by atoms with Crippen LogP contribution in [0.25, 0.3) is 0 Å². The highest BCUT2D eigenvalue weighted by atomic mass is 32.2. The lowest BCUT2D eigenvalue weighted by Gasteiger charge is -2.13. The first-order chi connectivity index (χ1) is 8.82. The average Bonchev–Trinajstić information content (AvgIpc) is 2.60. The Morgan fingerprint density at radius 1 is 1.58 bits per heavy atom. The lowest BCUT2D eigenvalue weighted by atomic mass is 10.3. The number of nitrogens with two attached hydrogens (primary N) is 1. The molecule has 1 saturated heterocycles. The molecule has 0 radical (unpaired) electrons. The third-order valence-corrected chi connectivity index (χ3v) is 3.89. The Labute approximate surface area is 113 Å². The maximum Gasteiger partial charge on any atom is 0.322 e. The number of thioether (sulfide) groups is 1. The number of hydrogen-bond donors (Lipinski definition) is 3. The first kappa shape index (κ1) is 15.4. The first-order valence-electron chi connectivity index (χ1n) is 5.50. The summed E-state index contributed by atoms with van der Waals surface area (Å²) in [5.74, 6) is -2.17. The van der Waals surface area contributed by atoms with Gasteiger partial charge in [-0.1, -0.05) is 0 Å². The van der Waals surface area contributed by atoms with Gasteiger partial charge in [0.15, 0.2) is 0 Å². The maximum atomic E-state index is 11.6. The number of carbonyl (C=O) groups excluding carboxylic acids is 3. The zero-order valence-electron chi connectivity index (χ0n) is 10.3. The minimum absolute atomic E-state index is 0.101. The van der Waals surface area contributed by atoms with Crippen molar-refractivity contribution < 1.29 is 24.3 Å². The molecule has 0 saturated carbocycles. The average molecular weight is 289 g/mol. The molecule has 106 valence electrons. The van der Waals surface area contributed by atoms with Gasteiger partial charge < -0.3 is 16.2 Å². The van der Waals surface area contributed by atoms with Gasteiger partial charge in [0, 0.05) is 19.2 Å². The fraction of sp³-hybridized carbons (Fsp3) is 0.600. The Kier molecular flexibility index (Phi) is 5.31. The number of nitrogens with zero attached hydrogens (tertiary/aromatic N) is 1. The minimum Gasteiger partial charge on any atom is -0.480 e. The summed E-state index contributed by atoms with van der Waals surface area (Å²) in [4.78, 5) is 45.5. The van der Waals surface area contributed by atoms with Crippen molar-refractivity contribution in [3.63, 3.8) is 0 Å². The van der Waals surface area contributed by atoms with E-state index in [0.29, 0.717) is 0 Å². The van der Waals surface area contributed by atoms with Crippen molar-refractivity contribution in [2.45, 2.75) is 17.7 Å². The summed E-state index contributed by atoms with van der Waals surface area (Å²) in [6.07, 6.45) is 0.101. The zero-order chi connectivity index (χ0) is 14.6. The molecule has 8 nitrogen and oxygen atoms in total. The summed E-state index contributed by atoms with van der Waals surface area (Å²) in [7, 11) is 1.41. The number of amides is 3. The molecule has 1 aliphatic rings. The van der Waals surface area contributed by atoms with Crippen LogP contribution in [0.15, 0.2) is 0 Å². The molecule has 19 heavy (non-hydrogen) atoms. The SMILES string of the molecule is CN1C(=O)CC(SC[C@H](N)C(=O)NCC(=O)O)C1=O. The zero-order valence-corrected chi connectivity index (χ0v) is 11.1. The summed E-state index contributed by atoms with van der Waals surface area (Å²) in [5, 5.41) is 10.0. The lowest BCUT2D eigenvalue weighted by molar-refractivity contribution is -0.138. The number of hydrogen-bond acceptors (Lipinski definition) is 6. The molecule has 1 fully saturated rings. The molecule has 0 aromatic rings. The minimum atomic E-state index is -1.16. The molecule has 0 aliphatic carbocycles. The summed E-state index contributed by atoms with van der Waals surface area (Å²) >= 11 is 1.13. The molecule has 9 heteroatoms. The number of likely N-dealkylation sites (tertiary alicyclic amines) is 1. The van der Waals surface area contributed by atoms with E-state index in [1.165, 1.54) is 7.05 Å². The van der Waals surface area contributed by atoms with Gasteiger partial charge in [-0.2, -0.15) is 0 Å². The Bertz CT molecular complexity index is 414. The van der Waals surface area contributed by atoms with Crippen LogP contribution in [0.1, 0.15) is 6.42 Å². The third kappa shape index (κ3) is 4.21. The highest BCUT2D eigenvalue weighted by Gasteiger charge is 2.36. The van der Waals surface area contributed by atoms with E-state index < -0.39 is 29.7 Å². The Hall–Kier alpha value is -1.61. The van der Waals surface area contributed by atoms with Gasteiger partial charge in [-0.3, -0.25) is 24.1 Å². The molecule has 0 aromatic carbocycles. The van der Waals surface area contributed by atoms with Gasteiger partial charge in [-0.25, -0.2) is 0 Å². The van der Waals surface area contributed by atoms with Gasteiger partial charge in [0.1, 0.15) is 6.54 Å². The number of nitrogens with one attached hydrogen (secondary N) is 1. The van der Waals surface area contributed by atoms with Crippen molar-refractivity contribution in [1.82, 2.24) is 10.2 Å². The topological polar surface area (TPSA) is 130 Å². The van der Waals surface area contributed by atoms with Crippen LogP contribution >= 0.6 is 11.8 Å². The molecule has 0 spiro atoms. The van der Waals surface area contributed by atoms with Crippen molar-refractivity contribution in [2.75, 3.05) is 19.3 Å². The number of aliphatic carboxylic acids is 1. The van der Waals surface area contributed by atoms with Gasteiger partial charge in [0.25, 0.3) is 0 Å². The number of carboxylic acid groups (broad SMARTS) is 1. The van der Waals surface area contributed by atoms with E-state index in [-0.39, 0.29) is 24.0 Å². The molecule has 1 unspecified atom stereocenters. The second-order valence-corrected chi connectivity index (χ2v) is 5.27. The number of carboxylic acids is 1. The lowest BCUT2D eigenvalue weighted by Crippen LogP contribution is -2.44. The molecular weight excluding hydrogens is 274 g/mol. The summed E-state index contributed by atoms with van der Waals surface area (Å²) in [5.41, 5.74) is 5.56. The predicted molar refractivity (Wildman–Crippen MR) is 67.3 cm³/mol. The number of rotatable bonds is 6. The fourth-order valence-corrected chi connectivity index (χ4v) is 2.59. The van der Waals surface area contributed by atoms with Gasteiger partial charge in [0.2, 0.25) is 17.7 Å². The quantitative estimate of drug-likeness (QED) is 0.482. The van der Waals surface area contributed by atoms with E-state index in [1.807, 2.05) is 0 Å². The van der Waals surface area contributed by atoms with Crippen LogP contribution in [0.2, 0.25) is 0 Å². The van der Waals surface area contributed by atoms with Crippen LogP contribution in [0.4, 0.5) is 0 Å². The van der Waals surface area contributed by atoms with E-state index in [1.54, 1.807) is 0 Å². The van der Waals surface area contributed by atoms with Crippen LogP contribution in [-0.2, 0) is 19.2 Å². The van der Waals surface area contributed by atoms with Gasteiger partial charge in [-0.05, 0) is 0 Å². The van der Waals surface area contributed by atoms with E-state index in [9.17, 15) is 19.2 Å². The van der Waals surface area contributed by atoms with E-state index in [0.717, 1.165) is 16.7 Å². The fourth-order valence-electron chi connectivity index (χ4n) is 1.44. The molecular formula is C10H15N3O5S. The van der Waals surface area contributed by atoms with Gasteiger partial charge in [-0.15, -0.1) is 11.8 Å². The molecule has 1 rings (SSSR count). The monoisotopic (exact) mass is 289 g/mol. The summed E-state index contributed by atoms with van der Waals surface area (Å²) in [6.45, 7) is -0.499. The molecule has 0 aromatic heterocycles. The van der Waals surface area contributed by atoms with Crippen LogP contribution in [0.3, 0.4) is 0 Å². The predicted octanol–water partition coefficient (Wildman–Crippen LogP) is -1.99. The molecule has 3 amide bonds. The molecule has 4 N–H and O–H groups in total. The van der Waals surface area contributed by atoms with E-state index in [2.05, 4.69) is 5.32 Å². The second-order valence-electron chi connectivity index (χ2n) is 4.04. The maximum absolute atomic E-state index is 11.6. The molecule has 1 aliphatic heterocycles. The summed E-state index contributed by atoms with van der Waals surface area (Å²) in [6, 6.07) is -0.918. The van der Waals surface area contributed by atoms with Crippen LogP contribution in [0.5, 0.6) is 0 Å². The molecule has 0 bridgehead atoms. The van der Waals surface area contributed by atoms with E-state index in [4.69, 9.17) is 10.8 Å². The van der Waals surface area contributed by atoms with Crippen LogP contribution in [0, 0.1) is 0 Å². The van der Waals surface area contributed by atoms with Crippen LogP contribution in [-0.4, -0.2) is 64.3 Å².